The van der Waals surface area contributed by atoms with Gasteiger partial charge in [0.1, 0.15) is 5.76 Å². The number of hydrogen-bond acceptors (Lipinski definition) is 2. The number of nitrogens with zero attached hydrogens (tertiary/aromatic N) is 1. The average molecular weight is 181 g/mol. The van der Waals surface area contributed by atoms with E-state index < -0.39 is 0 Å². The molecule has 2 nitrogen and oxygen atoms in total. The predicted molar refractivity (Wildman–Crippen MR) is 53.9 cm³/mol. The molecule has 2 heteroatoms. The highest BCUT2D eigenvalue weighted by Gasteiger charge is 2.14. The van der Waals surface area contributed by atoms with Crippen LogP contribution in [0.2, 0.25) is 0 Å². The summed E-state index contributed by atoms with van der Waals surface area (Å²) in [7, 11) is 0. The van der Waals surface area contributed by atoms with Gasteiger partial charge in [0.25, 0.3) is 0 Å². The second-order valence-corrected chi connectivity index (χ2v) is 4.37. The van der Waals surface area contributed by atoms with Gasteiger partial charge in [0, 0.05) is 11.5 Å². The molecule has 0 aliphatic heterocycles. The maximum Gasteiger partial charge on any atom is 0.142 e. The van der Waals surface area contributed by atoms with E-state index in [1.807, 2.05) is 0 Å². The largest absolute Gasteiger partial charge is 0.361 e. The fourth-order valence-corrected chi connectivity index (χ4v) is 1.50. The highest BCUT2D eigenvalue weighted by Crippen LogP contribution is 2.22. The van der Waals surface area contributed by atoms with Gasteiger partial charge in [0.2, 0.25) is 0 Å². The van der Waals surface area contributed by atoms with Crippen molar-refractivity contribution in [2.24, 2.45) is 5.92 Å². The van der Waals surface area contributed by atoms with E-state index in [1.54, 1.807) is 0 Å². The molecule has 0 amide bonds. The lowest BCUT2D eigenvalue weighted by Crippen LogP contribution is -1.96. The van der Waals surface area contributed by atoms with Gasteiger partial charge in [-0.25, -0.2) is 0 Å². The minimum absolute atomic E-state index is 0.438. The molecule has 0 aromatic carbocycles. The van der Waals surface area contributed by atoms with Gasteiger partial charge in [-0.2, -0.15) is 0 Å². The first-order valence-corrected chi connectivity index (χ1v) is 4.97. The van der Waals surface area contributed by atoms with Crippen LogP contribution in [-0.4, -0.2) is 5.16 Å². The van der Waals surface area contributed by atoms with Crippen LogP contribution in [0, 0.1) is 12.8 Å². The molecule has 1 aromatic heterocycles. The van der Waals surface area contributed by atoms with E-state index in [2.05, 4.69) is 39.8 Å². The molecule has 0 aliphatic carbocycles. The molecule has 0 unspecified atom stereocenters. The van der Waals surface area contributed by atoms with Crippen molar-refractivity contribution < 1.29 is 4.52 Å². The fourth-order valence-electron chi connectivity index (χ4n) is 1.50. The maximum absolute atomic E-state index is 5.31. The summed E-state index contributed by atoms with van der Waals surface area (Å²) in [5.74, 6) is 2.12. The molecule has 0 bridgehead atoms. The second kappa shape index (κ2) is 3.95. The fraction of sp³-hybridized carbons (Fsp3) is 0.727. The van der Waals surface area contributed by atoms with Crippen LogP contribution in [0.1, 0.15) is 50.6 Å². The van der Waals surface area contributed by atoms with Crippen LogP contribution >= 0.6 is 0 Å². The van der Waals surface area contributed by atoms with Crippen molar-refractivity contribution in [3.63, 3.8) is 0 Å². The van der Waals surface area contributed by atoms with Crippen molar-refractivity contribution >= 4 is 0 Å². The van der Waals surface area contributed by atoms with E-state index in [1.165, 1.54) is 5.56 Å². The molecule has 0 radical (unpaired) electrons. The van der Waals surface area contributed by atoms with E-state index in [9.17, 15) is 0 Å². The van der Waals surface area contributed by atoms with Gasteiger partial charge in [-0.1, -0.05) is 32.9 Å². The Labute approximate surface area is 80.3 Å². The molecule has 1 aromatic rings. The lowest BCUT2D eigenvalue weighted by Gasteiger charge is -2.02. The Morgan fingerprint density at radius 1 is 1.23 bits per heavy atom. The molecule has 13 heavy (non-hydrogen) atoms. The standard InChI is InChI=1S/C11H19NO/c1-7(2)6-10-9(5)11(8(3)4)13-12-10/h7-8H,6H2,1-5H3. The zero-order valence-corrected chi connectivity index (χ0v) is 9.22. The third-order valence-electron chi connectivity index (χ3n) is 2.18. The third kappa shape index (κ3) is 2.33. The summed E-state index contributed by atoms with van der Waals surface area (Å²) in [6.07, 6.45) is 1.02. The van der Waals surface area contributed by atoms with Crippen LogP contribution in [0.15, 0.2) is 4.52 Å². The van der Waals surface area contributed by atoms with Crippen LogP contribution in [-0.2, 0) is 6.42 Å². The predicted octanol–water partition coefficient (Wildman–Crippen LogP) is 3.30. The highest BCUT2D eigenvalue weighted by molar-refractivity contribution is 5.23. The first kappa shape index (κ1) is 10.3. The molecule has 0 atom stereocenters. The molecule has 0 aliphatic rings. The van der Waals surface area contributed by atoms with Crippen LogP contribution in [0.4, 0.5) is 0 Å². The number of rotatable bonds is 3. The normalized spacial score (nSPS) is 11.6. The van der Waals surface area contributed by atoms with Crippen molar-refractivity contribution in [2.45, 2.75) is 47.0 Å². The minimum atomic E-state index is 0.438. The molecular weight excluding hydrogens is 162 g/mol. The SMILES string of the molecule is Cc1c(CC(C)C)noc1C(C)C. The lowest BCUT2D eigenvalue weighted by molar-refractivity contribution is 0.362. The van der Waals surface area contributed by atoms with Crippen molar-refractivity contribution in [3.8, 4) is 0 Å². The molecule has 0 saturated heterocycles. The summed E-state index contributed by atoms with van der Waals surface area (Å²) < 4.78 is 5.31. The van der Waals surface area contributed by atoms with Gasteiger partial charge in [0.05, 0.1) is 5.69 Å². The van der Waals surface area contributed by atoms with Gasteiger partial charge in [-0.15, -0.1) is 0 Å². The van der Waals surface area contributed by atoms with Crippen LogP contribution in [0.25, 0.3) is 0 Å². The molecule has 0 N–H and O–H groups in total. The number of hydrogen-bond donors (Lipinski definition) is 0. The first-order chi connectivity index (χ1) is 6.02. The third-order valence-corrected chi connectivity index (χ3v) is 2.18. The Hall–Kier alpha value is -0.790. The molecule has 1 rings (SSSR count). The smallest absolute Gasteiger partial charge is 0.142 e. The Balaban J connectivity index is 2.86. The van der Waals surface area contributed by atoms with Crippen molar-refractivity contribution in [2.75, 3.05) is 0 Å². The summed E-state index contributed by atoms with van der Waals surface area (Å²) >= 11 is 0. The van der Waals surface area contributed by atoms with Crippen molar-refractivity contribution in [1.29, 1.82) is 0 Å². The summed E-state index contributed by atoms with van der Waals surface area (Å²) in [6.45, 7) is 10.8. The zero-order chi connectivity index (χ0) is 10.0. The molecule has 0 fully saturated rings. The van der Waals surface area contributed by atoms with Crippen LogP contribution < -0.4 is 0 Å². The van der Waals surface area contributed by atoms with Crippen LogP contribution in [0.3, 0.4) is 0 Å². The highest BCUT2D eigenvalue weighted by atomic mass is 16.5. The summed E-state index contributed by atoms with van der Waals surface area (Å²) in [5.41, 5.74) is 2.36. The van der Waals surface area contributed by atoms with E-state index >= 15 is 0 Å². The average Bonchev–Trinajstić information content (AvgIpc) is 2.32. The molecule has 0 saturated carbocycles. The molecule has 1 heterocycles. The van der Waals surface area contributed by atoms with Gasteiger partial charge < -0.3 is 4.52 Å². The van der Waals surface area contributed by atoms with E-state index in [0.29, 0.717) is 11.8 Å². The first-order valence-electron chi connectivity index (χ1n) is 4.97. The van der Waals surface area contributed by atoms with E-state index in [-0.39, 0.29) is 0 Å². The Morgan fingerprint density at radius 2 is 1.85 bits per heavy atom. The van der Waals surface area contributed by atoms with Gasteiger partial charge in [-0.05, 0) is 19.3 Å². The van der Waals surface area contributed by atoms with Crippen molar-refractivity contribution in [1.82, 2.24) is 5.16 Å². The zero-order valence-electron chi connectivity index (χ0n) is 9.22. The summed E-state index contributed by atoms with van der Waals surface area (Å²) in [6, 6.07) is 0. The number of aromatic nitrogens is 1. The monoisotopic (exact) mass is 181 g/mol. The van der Waals surface area contributed by atoms with Gasteiger partial charge in [0.15, 0.2) is 0 Å². The minimum Gasteiger partial charge on any atom is -0.361 e. The quantitative estimate of drug-likeness (QED) is 0.715. The summed E-state index contributed by atoms with van der Waals surface area (Å²) in [5, 5.41) is 4.10. The molecule has 0 spiro atoms. The second-order valence-electron chi connectivity index (χ2n) is 4.37. The maximum atomic E-state index is 5.31. The van der Waals surface area contributed by atoms with Crippen LogP contribution in [0.5, 0.6) is 0 Å². The lowest BCUT2D eigenvalue weighted by atomic mass is 10.0. The Kier molecular flexibility index (Phi) is 3.12. The van der Waals surface area contributed by atoms with Gasteiger partial charge in [-0.3, -0.25) is 0 Å². The Bertz CT molecular complexity index is 274. The van der Waals surface area contributed by atoms with Gasteiger partial charge >= 0.3 is 0 Å². The topological polar surface area (TPSA) is 26.0 Å². The molecule has 74 valence electrons. The Morgan fingerprint density at radius 3 is 2.23 bits per heavy atom. The molecular formula is C11H19NO. The van der Waals surface area contributed by atoms with E-state index in [0.717, 1.165) is 17.9 Å². The van der Waals surface area contributed by atoms with E-state index in [4.69, 9.17) is 4.52 Å². The summed E-state index contributed by atoms with van der Waals surface area (Å²) in [4.78, 5) is 0. The van der Waals surface area contributed by atoms with Crippen molar-refractivity contribution in [3.05, 3.63) is 17.0 Å².